The van der Waals surface area contributed by atoms with Crippen LogP contribution in [0.3, 0.4) is 0 Å². The van der Waals surface area contributed by atoms with Crippen molar-refractivity contribution < 1.29 is 4.92 Å². The normalized spacial score (nSPS) is 10.2. The zero-order valence-electron chi connectivity index (χ0n) is 9.41. The number of anilines is 2. The number of aryl methyl sites for hydroxylation is 2. The number of pyridine rings is 1. The summed E-state index contributed by atoms with van der Waals surface area (Å²) in [6, 6.07) is 3.18. The van der Waals surface area contributed by atoms with Crippen molar-refractivity contribution in [3.8, 4) is 0 Å². The van der Waals surface area contributed by atoms with Crippen LogP contribution in [-0.2, 0) is 7.05 Å². The molecule has 0 aliphatic rings. The summed E-state index contributed by atoms with van der Waals surface area (Å²) in [5, 5.41) is 17.8. The van der Waals surface area contributed by atoms with Gasteiger partial charge in [0.1, 0.15) is 0 Å². The summed E-state index contributed by atoms with van der Waals surface area (Å²) in [5.41, 5.74) is 0.680. The third kappa shape index (κ3) is 2.39. The fourth-order valence-corrected chi connectivity index (χ4v) is 1.39. The second-order valence-electron chi connectivity index (χ2n) is 3.64. The molecule has 0 aromatic carbocycles. The average molecular weight is 233 g/mol. The molecule has 7 heteroatoms. The molecule has 0 unspecified atom stereocenters. The second-order valence-corrected chi connectivity index (χ2v) is 3.64. The van der Waals surface area contributed by atoms with E-state index < -0.39 is 4.92 Å². The Hall–Kier alpha value is -2.44. The van der Waals surface area contributed by atoms with E-state index in [-0.39, 0.29) is 11.5 Å². The van der Waals surface area contributed by atoms with E-state index in [0.29, 0.717) is 5.82 Å². The van der Waals surface area contributed by atoms with E-state index in [1.165, 1.54) is 6.07 Å². The maximum absolute atomic E-state index is 10.9. The van der Waals surface area contributed by atoms with Crippen LogP contribution in [0.5, 0.6) is 0 Å². The lowest BCUT2D eigenvalue weighted by molar-refractivity contribution is -0.384. The highest BCUT2D eigenvalue weighted by molar-refractivity contribution is 5.63. The Bertz CT molecular complexity index is 564. The fraction of sp³-hybridized carbons (Fsp3) is 0.200. The minimum atomic E-state index is -0.467. The predicted octanol–water partition coefficient (Wildman–Crippen LogP) is 1.78. The first-order valence-corrected chi connectivity index (χ1v) is 4.94. The van der Waals surface area contributed by atoms with Gasteiger partial charge in [-0.1, -0.05) is 0 Å². The summed E-state index contributed by atoms with van der Waals surface area (Å²) in [6.45, 7) is 1.75. The molecule has 0 saturated heterocycles. The Kier molecular flexibility index (Phi) is 2.73. The zero-order valence-corrected chi connectivity index (χ0v) is 9.41. The molecule has 0 atom stereocenters. The van der Waals surface area contributed by atoms with Gasteiger partial charge < -0.3 is 5.32 Å². The van der Waals surface area contributed by atoms with E-state index >= 15 is 0 Å². The third-order valence-corrected chi connectivity index (χ3v) is 2.16. The van der Waals surface area contributed by atoms with Crippen LogP contribution in [0.4, 0.5) is 17.3 Å². The van der Waals surface area contributed by atoms with Gasteiger partial charge in [-0.25, -0.2) is 4.98 Å². The molecule has 0 aliphatic heterocycles. The Morgan fingerprint density at radius 2 is 2.29 bits per heavy atom. The molecular formula is C10H11N5O2. The molecule has 2 aromatic rings. The Morgan fingerprint density at radius 3 is 2.88 bits per heavy atom. The van der Waals surface area contributed by atoms with Crippen LogP contribution >= 0.6 is 0 Å². The fourth-order valence-electron chi connectivity index (χ4n) is 1.39. The van der Waals surface area contributed by atoms with E-state index in [9.17, 15) is 10.1 Å². The quantitative estimate of drug-likeness (QED) is 0.645. The maximum atomic E-state index is 10.9. The van der Waals surface area contributed by atoms with Gasteiger partial charge in [0.05, 0.1) is 4.92 Å². The molecule has 2 aromatic heterocycles. The first-order chi connectivity index (χ1) is 8.06. The van der Waals surface area contributed by atoms with Crippen LogP contribution in [0.1, 0.15) is 5.56 Å². The third-order valence-electron chi connectivity index (χ3n) is 2.16. The minimum absolute atomic E-state index is 0.0596. The van der Waals surface area contributed by atoms with E-state index in [1.54, 1.807) is 37.1 Å². The van der Waals surface area contributed by atoms with Crippen LogP contribution in [0.25, 0.3) is 0 Å². The molecule has 0 radical (unpaired) electrons. The Balaban J connectivity index is 2.35. The van der Waals surface area contributed by atoms with Crippen LogP contribution in [0.2, 0.25) is 0 Å². The monoisotopic (exact) mass is 233 g/mol. The average Bonchev–Trinajstić information content (AvgIpc) is 2.66. The largest absolute Gasteiger partial charge is 0.318 e. The summed E-state index contributed by atoms with van der Waals surface area (Å²) in [4.78, 5) is 14.4. The smallest absolute Gasteiger partial charge is 0.312 e. The number of hydrogen-bond acceptors (Lipinski definition) is 5. The Morgan fingerprint density at radius 1 is 1.53 bits per heavy atom. The second kappa shape index (κ2) is 4.20. The van der Waals surface area contributed by atoms with Crippen LogP contribution in [0, 0.1) is 17.0 Å². The molecule has 0 aliphatic carbocycles. The topological polar surface area (TPSA) is 85.9 Å². The van der Waals surface area contributed by atoms with Crippen LogP contribution in [-0.4, -0.2) is 19.7 Å². The minimum Gasteiger partial charge on any atom is -0.318 e. The molecule has 2 rings (SSSR count). The molecule has 1 N–H and O–H groups in total. The van der Waals surface area contributed by atoms with Crippen molar-refractivity contribution in [2.75, 3.05) is 5.32 Å². The van der Waals surface area contributed by atoms with Gasteiger partial charge in [-0.05, 0) is 12.5 Å². The van der Waals surface area contributed by atoms with E-state index in [1.807, 2.05) is 0 Å². The van der Waals surface area contributed by atoms with Gasteiger partial charge in [0.25, 0.3) is 0 Å². The lowest BCUT2D eigenvalue weighted by Gasteiger charge is -2.03. The molecule has 2 heterocycles. The molecule has 7 nitrogen and oxygen atoms in total. The highest BCUT2D eigenvalue weighted by atomic mass is 16.6. The van der Waals surface area contributed by atoms with E-state index in [0.717, 1.165) is 5.56 Å². The van der Waals surface area contributed by atoms with Crippen molar-refractivity contribution in [1.82, 2.24) is 14.8 Å². The molecular weight excluding hydrogens is 222 g/mol. The van der Waals surface area contributed by atoms with Gasteiger partial charge in [0.15, 0.2) is 5.82 Å². The summed E-state index contributed by atoms with van der Waals surface area (Å²) in [5.74, 6) is 0.714. The summed E-state index contributed by atoms with van der Waals surface area (Å²) in [7, 11) is 1.77. The van der Waals surface area contributed by atoms with E-state index in [2.05, 4.69) is 15.4 Å². The van der Waals surface area contributed by atoms with Crippen molar-refractivity contribution in [1.29, 1.82) is 0 Å². The highest BCUT2D eigenvalue weighted by Gasteiger charge is 2.16. The molecule has 0 amide bonds. The van der Waals surface area contributed by atoms with Gasteiger partial charge in [-0.3, -0.25) is 14.8 Å². The SMILES string of the molecule is Cc1cnc(Nc2ccn(C)n2)c([N+](=O)[O-])c1. The van der Waals surface area contributed by atoms with Crippen molar-refractivity contribution in [2.24, 2.45) is 7.05 Å². The molecule has 0 spiro atoms. The molecule has 0 fully saturated rings. The molecule has 0 bridgehead atoms. The van der Waals surface area contributed by atoms with Crippen LogP contribution in [0.15, 0.2) is 24.5 Å². The van der Waals surface area contributed by atoms with Gasteiger partial charge >= 0.3 is 5.69 Å². The van der Waals surface area contributed by atoms with Gasteiger partial charge in [0, 0.05) is 31.6 Å². The number of hydrogen-bond donors (Lipinski definition) is 1. The van der Waals surface area contributed by atoms with Crippen molar-refractivity contribution in [2.45, 2.75) is 6.92 Å². The van der Waals surface area contributed by atoms with E-state index in [4.69, 9.17) is 0 Å². The highest BCUT2D eigenvalue weighted by Crippen LogP contribution is 2.24. The lowest BCUT2D eigenvalue weighted by Crippen LogP contribution is -2.01. The number of nitrogens with zero attached hydrogens (tertiary/aromatic N) is 4. The number of nitrogens with one attached hydrogen (secondary N) is 1. The van der Waals surface area contributed by atoms with Gasteiger partial charge in [-0.15, -0.1) is 0 Å². The maximum Gasteiger partial charge on any atom is 0.312 e. The first kappa shape index (κ1) is 11.1. The van der Waals surface area contributed by atoms with Gasteiger partial charge in [0.2, 0.25) is 5.82 Å². The van der Waals surface area contributed by atoms with Crippen LogP contribution < -0.4 is 5.32 Å². The van der Waals surface area contributed by atoms with Gasteiger partial charge in [-0.2, -0.15) is 5.10 Å². The number of aromatic nitrogens is 3. The Labute approximate surface area is 97.2 Å². The lowest BCUT2D eigenvalue weighted by atomic mass is 10.3. The molecule has 17 heavy (non-hydrogen) atoms. The predicted molar refractivity (Wildman–Crippen MR) is 62.1 cm³/mol. The van der Waals surface area contributed by atoms with Crippen molar-refractivity contribution in [3.63, 3.8) is 0 Å². The molecule has 88 valence electrons. The number of rotatable bonds is 3. The zero-order chi connectivity index (χ0) is 12.4. The summed E-state index contributed by atoms with van der Waals surface area (Å²) in [6.07, 6.45) is 3.31. The molecule has 0 saturated carbocycles. The standard InChI is InChI=1S/C10H11N5O2/c1-7-5-8(15(16)17)10(11-6-7)12-9-3-4-14(2)13-9/h3-6H,1-2H3,(H,11,12,13). The van der Waals surface area contributed by atoms with Crippen molar-refractivity contribution >= 4 is 17.3 Å². The van der Waals surface area contributed by atoms with Crippen molar-refractivity contribution in [3.05, 3.63) is 40.2 Å². The summed E-state index contributed by atoms with van der Waals surface area (Å²) >= 11 is 0. The number of nitro groups is 1. The summed E-state index contributed by atoms with van der Waals surface area (Å²) < 4.78 is 1.60. The first-order valence-electron chi connectivity index (χ1n) is 4.94.